The van der Waals surface area contributed by atoms with Crippen LogP contribution in [0.15, 0.2) is 66.7 Å². The molecule has 8 heteroatoms. The molecule has 0 aliphatic carbocycles. The summed E-state index contributed by atoms with van der Waals surface area (Å²) < 4.78 is 0. The van der Waals surface area contributed by atoms with Crippen LogP contribution in [0, 0.1) is 0 Å². The molecule has 0 aliphatic rings. The van der Waals surface area contributed by atoms with Crippen molar-refractivity contribution >= 4 is 58.5 Å². The van der Waals surface area contributed by atoms with E-state index in [2.05, 4.69) is 29.0 Å². The fourth-order valence-corrected chi connectivity index (χ4v) is 4.38. The van der Waals surface area contributed by atoms with Crippen molar-refractivity contribution in [1.29, 1.82) is 0 Å². The van der Waals surface area contributed by atoms with Crippen LogP contribution in [-0.2, 0) is 6.54 Å². The van der Waals surface area contributed by atoms with Gasteiger partial charge in [-0.2, -0.15) is 0 Å². The van der Waals surface area contributed by atoms with Gasteiger partial charge in [-0.3, -0.25) is 4.90 Å². The molecule has 4 aromatic rings. The number of phenols is 1. The highest BCUT2D eigenvalue weighted by Gasteiger charge is 2.16. The average Bonchev–Trinajstić information content (AvgIpc) is 2.89. The summed E-state index contributed by atoms with van der Waals surface area (Å²) in [5.74, 6) is 1.24. The van der Waals surface area contributed by atoms with E-state index in [9.17, 15) is 5.11 Å². The highest BCUT2D eigenvalue weighted by atomic mass is 35.5. The van der Waals surface area contributed by atoms with Crippen molar-refractivity contribution in [1.82, 2.24) is 14.9 Å². The highest BCUT2D eigenvalue weighted by Crippen LogP contribution is 2.36. The first-order valence-corrected chi connectivity index (χ1v) is 13.1. The summed E-state index contributed by atoms with van der Waals surface area (Å²) >= 11 is 18.8. The fraction of sp³-hybridized carbons (Fsp3) is 0.172. The molecular formula is C29H27Cl3N4O. The number of hydrogen-bond acceptors (Lipinski definition) is 5. The molecule has 0 radical (unpaired) electrons. The molecule has 3 aromatic carbocycles. The van der Waals surface area contributed by atoms with Crippen LogP contribution in [0.25, 0.3) is 23.3 Å². The smallest absolute Gasteiger partial charge is 0.156 e. The molecule has 0 spiro atoms. The Balaban J connectivity index is 1.74. The summed E-state index contributed by atoms with van der Waals surface area (Å²) in [6.45, 7) is 6.61. The van der Waals surface area contributed by atoms with E-state index < -0.39 is 0 Å². The van der Waals surface area contributed by atoms with E-state index in [1.54, 1.807) is 24.3 Å². The lowest BCUT2D eigenvalue weighted by Crippen LogP contribution is -2.22. The lowest BCUT2D eigenvalue weighted by atomic mass is 10.1. The van der Waals surface area contributed by atoms with Crippen LogP contribution in [0.5, 0.6) is 5.75 Å². The summed E-state index contributed by atoms with van der Waals surface area (Å²) in [5.41, 5.74) is 4.04. The van der Waals surface area contributed by atoms with Crippen LogP contribution in [0.3, 0.4) is 0 Å². The number of nitrogens with one attached hydrogen (secondary N) is 1. The number of hydrogen-bond donors (Lipinski definition) is 2. The van der Waals surface area contributed by atoms with Crippen LogP contribution in [0.2, 0.25) is 15.2 Å². The summed E-state index contributed by atoms with van der Waals surface area (Å²) in [6.07, 6.45) is 3.70. The van der Waals surface area contributed by atoms with Gasteiger partial charge in [0.05, 0.1) is 5.56 Å². The van der Waals surface area contributed by atoms with Gasteiger partial charge in [0, 0.05) is 27.8 Å². The third-order valence-corrected chi connectivity index (χ3v) is 6.72. The fourth-order valence-electron chi connectivity index (χ4n) is 3.85. The second kappa shape index (κ2) is 12.4. The van der Waals surface area contributed by atoms with Crippen LogP contribution in [-0.4, -0.2) is 33.1 Å². The van der Waals surface area contributed by atoms with Crippen LogP contribution in [0.4, 0.5) is 11.5 Å². The number of aromatic nitrogens is 2. The molecular weight excluding hydrogens is 527 g/mol. The van der Waals surface area contributed by atoms with Crippen LogP contribution in [0.1, 0.15) is 30.8 Å². The molecule has 0 aliphatic heterocycles. The number of anilines is 2. The van der Waals surface area contributed by atoms with Crippen molar-refractivity contribution in [3.63, 3.8) is 0 Å². The largest absolute Gasteiger partial charge is 0.508 e. The summed E-state index contributed by atoms with van der Waals surface area (Å²) in [5, 5.41) is 15.4. The van der Waals surface area contributed by atoms with Gasteiger partial charge in [0.2, 0.25) is 0 Å². The topological polar surface area (TPSA) is 61.3 Å². The van der Waals surface area contributed by atoms with Crippen LogP contribution >= 0.6 is 34.8 Å². The predicted molar refractivity (Wildman–Crippen MR) is 156 cm³/mol. The molecule has 0 fully saturated rings. The van der Waals surface area contributed by atoms with Gasteiger partial charge >= 0.3 is 0 Å². The molecule has 0 saturated carbocycles. The molecule has 0 saturated heterocycles. The Bertz CT molecular complexity index is 1390. The van der Waals surface area contributed by atoms with E-state index in [0.29, 0.717) is 38.9 Å². The van der Waals surface area contributed by atoms with E-state index >= 15 is 0 Å². The number of rotatable bonds is 9. The van der Waals surface area contributed by atoms with Gasteiger partial charge in [-0.25, -0.2) is 9.97 Å². The lowest BCUT2D eigenvalue weighted by Gasteiger charge is -2.20. The monoisotopic (exact) mass is 552 g/mol. The van der Waals surface area contributed by atoms with Crippen molar-refractivity contribution in [2.45, 2.75) is 20.4 Å². The molecule has 0 unspecified atom stereocenters. The number of benzene rings is 3. The van der Waals surface area contributed by atoms with Crippen molar-refractivity contribution < 1.29 is 5.11 Å². The minimum Gasteiger partial charge on any atom is -0.508 e. The molecule has 0 amide bonds. The van der Waals surface area contributed by atoms with Gasteiger partial charge in [0.1, 0.15) is 16.7 Å². The molecule has 37 heavy (non-hydrogen) atoms. The molecule has 190 valence electrons. The van der Waals surface area contributed by atoms with E-state index in [1.165, 1.54) is 0 Å². The van der Waals surface area contributed by atoms with Crippen molar-refractivity contribution in [3.8, 4) is 16.9 Å². The van der Waals surface area contributed by atoms with Crippen molar-refractivity contribution in [3.05, 3.63) is 98.9 Å². The number of nitrogens with zero attached hydrogens (tertiary/aromatic N) is 3. The minimum absolute atomic E-state index is 0.252. The van der Waals surface area contributed by atoms with E-state index in [4.69, 9.17) is 39.8 Å². The third kappa shape index (κ3) is 7.02. The summed E-state index contributed by atoms with van der Waals surface area (Å²) in [4.78, 5) is 11.5. The first-order valence-electron chi connectivity index (χ1n) is 11.9. The lowest BCUT2D eigenvalue weighted by molar-refractivity contribution is 0.291. The second-order valence-corrected chi connectivity index (χ2v) is 9.65. The Morgan fingerprint density at radius 2 is 1.49 bits per heavy atom. The Labute approximate surface area is 232 Å². The van der Waals surface area contributed by atoms with E-state index in [0.717, 1.165) is 35.5 Å². The summed E-state index contributed by atoms with van der Waals surface area (Å²) in [6, 6.07) is 20.3. The van der Waals surface area contributed by atoms with E-state index in [-0.39, 0.29) is 5.75 Å². The molecule has 0 bridgehead atoms. The van der Waals surface area contributed by atoms with Gasteiger partial charge in [0.15, 0.2) is 5.82 Å². The van der Waals surface area contributed by atoms with Gasteiger partial charge in [-0.15, -0.1) is 0 Å². The normalized spacial score (nSPS) is 11.4. The summed E-state index contributed by atoms with van der Waals surface area (Å²) in [7, 11) is 0. The first-order chi connectivity index (χ1) is 17.9. The zero-order valence-corrected chi connectivity index (χ0v) is 22.8. The maximum absolute atomic E-state index is 10.5. The Morgan fingerprint density at radius 1 is 0.838 bits per heavy atom. The van der Waals surface area contributed by atoms with Crippen molar-refractivity contribution in [2.24, 2.45) is 0 Å². The van der Waals surface area contributed by atoms with Gasteiger partial charge in [-0.05, 0) is 72.8 Å². The third-order valence-electron chi connectivity index (χ3n) is 5.94. The Morgan fingerprint density at radius 3 is 2.14 bits per heavy atom. The Hall–Kier alpha value is -3.09. The minimum atomic E-state index is 0.252. The SMILES string of the molecule is CCN(CC)Cc1cc(Nc2nc(/C=C\c3ccc(Cl)cc3)nc(Cl)c2-c2ccc(Cl)cc2)ccc1O. The molecule has 0 atom stereocenters. The van der Waals surface area contributed by atoms with Gasteiger partial charge in [-0.1, -0.05) is 79.0 Å². The number of aromatic hydroxyl groups is 1. The van der Waals surface area contributed by atoms with Crippen molar-refractivity contribution in [2.75, 3.05) is 18.4 Å². The highest BCUT2D eigenvalue weighted by molar-refractivity contribution is 6.33. The maximum Gasteiger partial charge on any atom is 0.156 e. The molecule has 1 aromatic heterocycles. The van der Waals surface area contributed by atoms with Gasteiger partial charge < -0.3 is 10.4 Å². The maximum atomic E-state index is 10.5. The molecule has 1 heterocycles. The quantitative estimate of drug-likeness (QED) is 0.161. The zero-order chi connectivity index (χ0) is 26.4. The zero-order valence-electron chi connectivity index (χ0n) is 20.5. The molecule has 2 N–H and O–H groups in total. The molecule has 5 nitrogen and oxygen atoms in total. The van der Waals surface area contributed by atoms with Gasteiger partial charge in [0.25, 0.3) is 0 Å². The standard InChI is InChI=1S/C29H27Cl3N4O/c1-3-36(4-2)18-21-17-24(14-15-25(21)37)33-29-27(20-8-12-23(31)13-9-20)28(32)34-26(35-29)16-7-19-5-10-22(30)11-6-19/h5-17,37H,3-4,18H2,1-2H3,(H,33,34,35)/b16-7-. The molecule has 4 rings (SSSR count). The second-order valence-electron chi connectivity index (χ2n) is 8.42. The average molecular weight is 554 g/mol. The Kier molecular flexibility index (Phi) is 9.06. The predicted octanol–water partition coefficient (Wildman–Crippen LogP) is 8.57. The van der Waals surface area contributed by atoms with Crippen LogP contribution < -0.4 is 5.32 Å². The first kappa shape index (κ1) is 27.0. The van der Waals surface area contributed by atoms with E-state index in [1.807, 2.05) is 54.6 Å². The number of phenolic OH excluding ortho intramolecular Hbond substituents is 1. The number of halogens is 3.